The van der Waals surface area contributed by atoms with Gasteiger partial charge in [0.1, 0.15) is 0 Å². The average Bonchev–Trinajstić information content (AvgIpc) is 2.73. The highest BCUT2D eigenvalue weighted by atomic mass is 32.1. The summed E-state index contributed by atoms with van der Waals surface area (Å²) in [5.41, 5.74) is 7.21. The van der Waals surface area contributed by atoms with Crippen LogP contribution >= 0.6 is 11.3 Å². The van der Waals surface area contributed by atoms with E-state index < -0.39 is 0 Å². The molecule has 1 aliphatic rings. The molecule has 96 valence electrons. The molecule has 4 nitrogen and oxygen atoms in total. The first-order valence-electron chi connectivity index (χ1n) is 6.10. The molecule has 0 amide bonds. The molecule has 0 aliphatic heterocycles. The second-order valence-electron chi connectivity index (χ2n) is 4.72. The third-order valence-electron chi connectivity index (χ3n) is 3.36. The van der Waals surface area contributed by atoms with Gasteiger partial charge in [-0.3, -0.25) is 0 Å². The van der Waals surface area contributed by atoms with Crippen molar-refractivity contribution in [3.8, 4) is 0 Å². The maximum atomic E-state index is 6.10. The summed E-state index contributed by atoms with van der Waals surface area (Å²) in [5, 5.41) is 1.07. The smallest absolute Gasteiger partial charge is 0.185 e. The zero-order chi connectivity index (χ0) is 12.4. The minimum absolute atomic E-state index is 0.134. The normalized spacial score (nSPS) is 21.1. The molecule has 1 aliphatic carbocycles. The summed E-state index contributed by atoms with van der Waals surface area (Å²) in [5.74, 6) is 0. The van der Waals surface area contributed by atoms with Crippen LogP contribution in [0.2, 0.25) is 0 Å². The van der Waals surface area contributed by atoms with Gasteiger partial charge < -0.3 is 15.4 Å². The summed E-state index contributed by atoms with van der Waals surface area (Å²) in [7, 11) is 3.80. The zero-order valence-corrected chi connectivity index (χ0v) is 11.6. The number of rotatable bonds is 4. The minimum Gasteiger partial charge on any atom is -0.383 e. The molecule has 2 unspecified atom stereocenters. The van der Waals surface area contributed by atoms with Gasteiger partial charge >= 0.3 is 0 Å². The molecular weight excluding hydrogens is 234 g/mol. The summed E-state index contributed by atoms with van der Waals surface area (Å²) in [6, 6.07) is 0.471. The Balaban J connectivity index is 2.17. The molecule has 17 heavy (non-hydrogen) atoms. The molecule has 0 saturated carbocycles. The number of fused-ring (bicyclic) bond motifs is 1. The monoisotopic (exact) mass is 255 g/mol. The Morgan fingerprint density at radius 2 is 2.41 bits per heavy atom. The molecule has 1 aromatic heterocycles. The first kappa shape index (κ1) is 12.8. The summed E-state index contributed by atoms with van der Waals surface area (Å²) >= 11 is 1.78. The highest BCUT2D eigenvalue weighted by Crippen LogP contribution is 2.35. The number of methoxy groups -OCH3 is 1. The Morgan fingerprint density at radius 3 is 3.06 bits per heavy atom. The Hall–Kier alpha value is -0.650. The molecule has 0 bridgehead atoms. The molecule has 2 atom stereocenters. The summed E-state index contributed by atoms with van der Waals surface area (Å²) in [6.07, 6.45) is 3.38. The first-order chi connectivity index (χ1) is 8.13. The second kappa shape index (κ2) is 5.33. The van der Waals surface area contributed by atoms with Gasteiger partial charge in [-0.1, -0.05) is 0 Å². The lowest BCUT2D eigenvalue weighted by molar-refractivity contribution is 0.183. The standard InChI is InChI=1S/C12H21N3OS/c1-8(7-16-3)15(2)12-14-11-9(13)5-4-6-10(11)17-12/h8-9H,4-7,13H2,1-3H3. The van der Waals surface area contributed by atoms with Crippen LogP contribution in [-0.2, 0) is 11.2 Å². The van der Waals surface area contributed by atoms with E-state index in [1.54, 1.807) is 18.4 Å². The summed E-state index contributed by atoms with van der Waals surface area (Å²) in [6.45, 7) is 2.86. The SMILES string of the molecule is COCC(C)N(C)c1nc2c(s1)CCCC2N. The minimum atomic E-state index is 0.134. The molecule has 0 radical (unpaired) electrons. The molecule has 1 aromatic rings. The van der Waals surface area contributed by atoms with Crippen molar-refractivity contribution < 1.29 is 4.74 Å². The van der Waals surface area contributed by atoms with E-state index in [-0.39, 0.29) is 6.04 Å². The quantitative estimate of drug-likeness (QED) is 0.893. The number of hydrogen-bond acceptors (Lipinski definition) is 5. The van der Waals surface area contributed by atoms with Gasteiger partial charge in [-0.15, -0.1) is 11.3 Å². The van der Waals surface area contributed by atoms with Gasteiger partial charge in [0.05, 0.1) is 18.3 Å². The molecule has 0 saturated heterocycles. The van der Waals surface area contributed by atoms with E-state index in [0.29, 0.717) is 12.6 Å². The predicted octanol–water partition coefficient (Wildman–Crippen LogP) is 1.95. The number of likely N-dealkylation sites (N-methyl/N-ethyl adjacent to an activating group) is 1. The third kappa shape index (κ3) is 2.61. The van der Waals surface area contributed by atoms with Crippen molar-refractivity contribution in [3.63, 3.8) is 0 Å². The summed E-state index contributed by atoms with van der Waals surface area (Å²) < 4.78 is 5.18. The van der Waals surface area contributed by atoms with Crippen LogP contribution in [0.4, 0.5) is 5.13 Å². The predicted molar refractivity (Wildman–Crippen MR) is 71.7 cm³/mol. The number of anilines is 1. The molecule has 5 heteroatoms. The number of nitrogens with two attached hydrogens (primary N) is 1. The van der Waals surface area contributed by atoms with Gasteiger partial charge in [0.15, 0.2) is 5.13 Å². The highest BCUT2D eigenvalue weighted by molar-refractivity contribution is 7.15. The molecule has 2 N–H and O–H groups in total. The van der Waals surface area contributed by atoms with Crippen molar-refractivity contribution in [2.45, 2.75) is 38.3 Å². The van der Waals surface area contributed by atoms with Gasteiger partial charge in [-0.2, -0.15) is 0 Å². The Kier molecular flexibility index (Phi) is 4.01. The second-order valence-corrected chi connectivity index (χ2v) is 5.78. The van der Waals surface area contributed by atoms with E-state index in [0.717, 1.165) is 23.7 Å². The first-order valence-corrected chi connectivity index (χ1v) is 6.92. The number of aromatic nitrogens is 1. The van der Waals surface area contributed by atoms with Gasteiger partial charge in [0.25, 0.3) is 0 Å². The van der Waals surface area contributed by atoms with E-state index in [9.17, 15) is 0 Å². The number of ether oxygens (including phenoxy) is 1. The van der Waals surface area contributed by atoms with E-state index in [2.05, 4.69) is 18.9 Å². The molecular formula is C12H21N3OS. The van der Waals surface area contributed by atoms with Gasteiger partial charge in [0, 0.05) is 25.1 Å². The van der Waals surface area contributed by atoms with Crippen molar-refractivity contribution >= 4 is 16.5 Å². The fourth-order valence-electron chi connectivity index (χ4n) is 2.13. The molecule has 2 rings (SSSR count). The van der Waals surface area contributed by atoms with Crippen LogP contribution in [0.3, 0.4) is 0 Å². The topological polar surface area (TPSA) is 51.4 Å². The lowest BCUT2D eigenvalue weighted by Crippen LogP contribution is -2.32. The molecule has 0 spiro atoms. The fraction of sp³-hybridized carbons (Fsp3) is 0.750. The maximum absolute atomic E-state index is 6.10. The molecule has 0 aromatic carbocycles. The Morgan fingerprint density at radius 1 is 1.65 bits per heavy atom. The van der Waals surface area contributed by atoms with Crippen LogP contribution < -0.4 is 10.6 Å². The van der Waals surface area contributed by atoms with Crippen LogP contribution in [-0.4, -0.2) is 31.8 Å². The number of thiazole rings is 1. The van der Waals surface area contributed by atoms with E-state index in [1.165, 1.54) is 11.3 Å². The van der Waals surface area contributed by atoms with Crippen molar-refractivity contribution in [1.82, 2.24) is 4.98 Å². The van der Waals surface area contributed by atoms with Crippen molar-refractivity contribution in [3.05, 3.63) is 10.6 Å². The van der Waals surface area contributed by atoms with Crippen molar-refractivity contribution in [1.29, 1.82) is 0 Å². The van der Waals surface area contributed by atoms with Gasteiger partial charge in [-0.25, -0.2) is 4.98 Å². The van der Waals surface area contributed by atoms with Crippen LogP contribution in [0.15, 0.2) is 0 Å². The van der Waals surface area contributed by atoms with Crippen molar-refractivity contribution in [2.24, 2.45) is 5.73 Å². The molecule has 0 fully saturated rings. The number of aryl methyl sites for hydroxylation is 1. The molecule has 1 heterocycles. The highest BCUT2D eigenvalue weighted by Gasteiger charge is 2.24. The van der Waals surface area contributed by atoms with Crippen molar-refractivity contribution in [2.75, 3.05) is 25.7 Å². The largest absolute Gasteiger partial charge is 0.383 e. The van der Waals surface area contributed by atoms with Crippen LogP contribution in [0.25, 0.3) is 0 Å². The zero-order valence-electron chi connectivity index (χ0n) is 10.8. The fourth-order valence-corrected chi connectivity index (χ4v) is 3.37. The van der Waals surface area contributed by atoms with E-state index in [4.69, 9.17) is 15.5 Å². The third-order valence-corrected chi connectivity index (χ3v) is 4.58. The van der Waals surface area contributed by atoms with Gasteiger partial charge in [-0.05, 0) is 26.2 Å². The lowest BCUT2D eigenvalue weighted by atomic mass is 9.99. The van der Waals surface area contributed by atoms with Gasteiger partial charge in [0.2, 0.25) is 0 Å². The van der Waals surface area contributed by atoms with E-state index >= 15 is 0 Å². The maximum Gasteiger partial charge on any atom is 0.185 e. The van der Waals surface area contributed by atoms with E-state index in [1.807, 2.05) is 0 Å². The lowest BCUT2D eigenvalue weighted by Gasteiger charge is -2.23. The number of hydrogen-bond donors (Lipinski definition) is 1. The Bertz CT molecular complexity index is 380. The summed E-state index contributed by atoms with van der Waals surface area (Å²) in [4.78, 5) is 8.25. The Labute approximate surface area is 107 Å². The van der Waals surface area contributed by atoms with Crippen LogP contribution in [0.5, 0.6) is 0 Å². The van der Waals surface area contributed by atoms with Crippen LogP contribution in [0, 0.1) is 0 Å². The van der Waals surface area contributed by atoms with Crippen LogP contribution in [0.1, 0.15) is 36.4 Å². The average molecular weight is 255 g/mol. The number of nitrogens with zero attached hydrogens (tertiary/aromatic N) is 2.